The lowest BCUT2D eigenvalue weighted by Gasteiger charge is -2.09. The molecule has 0 atom stereocenters. The highest BCUT2D eigenvalue weighted by Gasteiger charge is 2.19. The van der Waals surface area contributed by atoms with Crippen LogP contribution in [-0.2, 0) is 0 Å². The van der Waals surface area contributed by atoms with Crippen LogP contribution in [0.25, 0.3) is 9.88 Å². The molecule has 2 N–H and O–H groups in total. The zero-order valence-corrected chi connectivity index (χ0v) is 18.7. The molecule has 0 radical (unpaired) electrons. The number of aryl methyl sites for hydroxylation is 2. The molecule has 1 aromatic carbocycles. The minimum atomic E-state index is -0.627. The van der Waals surface area contributed by atoms with Crippen LogP contribution in [0.1, 0.15) is 31.5 Å². The van der Waals surface area contributed by atoms with Crippen molar-refractivity contribution in [2.75, 3.05) is 10.6 Å². The fraction of sp³-hybridized carbons (Fsp3) is 0.0952. The van der Waals surface area contributed by atoms with E-state index in [9.17, 15) is 14.0 Å². The third-order valence-electron chi connectivity index (χ3n) is 4.36. The number of nitrogens with zero attached hydrogens (tertiary/aromatic N) is 1. The number of furan rings is 1. The van der Waals surface area contributed by atoms with Gasteiger partial charge in [0.25, 0.3) is 11.8 Å². The molecular weight excluding hydrogens is 461 g/mol. The first-order valence-electron chi connectivity index (χ1n) is 9.01. The van der Waals surface area contributed by atoms with Crippen LogP contribution in [0.4, 0.5) is 15.8 Å². The number of thiophene rings is 1. The SMILES string of the molecule is Cc1nc(-c2ccc(Cl)s2)sc1C(=O)Nc1ccc(F)c(NC(=O)c2ccoc2C)c1. The van der Waals surface area contributed by atoms with Gasteiger partial charge >= 0.3 is 0 Å². The first kappa shape index (κ1) is 21.2. The number of amides is 2. The highest BCUT2D eigenvalue weighted by Crippen LogP contribution is 2.35. The summed E-state index contributed by atoms with van der Waals surface area (Å²) in [6.45, 7) is 3.38. The standard InChI is InChI=1S/C21H15ClFN3O3S2/c1-10-18(31-21(24-10)16-5-6-17(22)30-16)20(28)25-12-3-4-14(23)15(9-12)26-19(27)13-7-8-29-11(13)2/h3-9H,1-2H3,(H,25,28)(H,26,27). The molecule has 0 saturated carbocycles. The Hall–Kier alpha value is -3.01. The van der Waals surface area contributed by atoms with E-state index in [-0.39, 0.29) is 11.6 Å². The van der Waals surface area contributed by atoms with E-state index in [2.05, 4.69) is 15.6 Å². The van der Waals surface area contributed by atoms with E-state index < -0.39 is 11.7 Å². The Morgan fingerprint density at radius 3 is 2.55 bits per heavy atom. The fourth-order valence-electron chi connectivity index (χ4n) is 2.84. The number of benzene rings is 1. The summed E-state index contributed by atoms with van der Waals surface area (Å²) in [5.74, 6) is -1.09. The van der Waals surface area contributed by atoms with Crippen molar-refractivity contribution in [2.45, 2.75) is 13.8 Å². The number of thiazole rings is 1. The van der Waals surface area contributed by atoms with Gasteiger partial charge in [-0.3, -0.25) is 9.59 Å². The van der Waals surface area contributed by atoms with Crippen LogP contribution in [0.3, 0.4) is 0 Å². The molecule has 31 heavy (non-hydrogen) atoms. The molecule has 6 nitrogen and oxygen atoms in total. The van der Waals surface area contributed by atoms with Gasteiger partial charge < -0.3 is 15.1 Å². The maximum atomic E-state index is 14.2. The van der Waals surface area contributed by atoms with Gasteiger partial charge in [-0.25, -0.2) is 9.37 Å². The normalized spacial score (nSPS) is 10.8. The first-order valence-corrected chi connectivity index (χ1v) is 11.0. The molecule has 10 heteroatoms. The molecule has 2 amide bonds. The van der Waals surface area contributed by atoms with E-state index >= 15 is 0 Å². The molecule has 0 aliphatic heterocycles. The molecule has 0 unspecified atom stereocenters. The molecule has 0 bridgehead atoms. The van der Waals surface area contributed by atoms with Crippen LogP contribution < -0.4 is 10.6 Å². The fourth-order valence-corrected chi connectivity index (χ4v) is 4.90. The highest BCUT2D eigenvalue weighted by molar-refractivity contribution is 7.24. The third kappa shape index (κ3) is 4.53. The number of nitrogens with one attached hydrogen (secondary N) is 2. The maximum absolute atomic E-state index is 14.2. The summed E-state index contributed by atoms with van der Waals surface area (Å²) in [4.78, 5) is 30.9. The number of anilines is 2. The van der Waals surface area contributed by atoms with Crippen molar-refractivity contribution in [3.63, 3.8) is 0 Å². The van der Waals surface area contributed by atoms with Crippen molar-refractivity contribution < 1.29 is 18.4 Å². The predicted molar refractivity (Wildman–Crippen MR) is 121 cm³/mol. The average Bonchev–Trinajstić information content (AvgIpc) is 3.44. The number of halogens is 2. The number of carbonyl (C=O) groups is 2. The average molecular weight is 476 g/mol. The van der Waals surface area contributed by atoms with Gasteiger partial charge in [-0.05, 0) is 50.2 Å². The van der Waals surface area contributed by atoms with Crippen LogP contribution in [0, 0.1) is 19.7 Å². The minimum absolute atomic E-state index is 0.0571. The summed E-state index contributed by atoms with van der Waals surface area (Å²) in [7, 11) is 0. The predicted octanol–water partition coefficient (Wildman–Crippen LogP) is 6.38. The smallest absolute Gasteiger partial charge is 0.267 e. The summed E-state index contributed by atoms with van der Waals surface area (Å²) in [5, 5.41) is 5.92. The third-order valence-corrected chi connectivity index (χ3v) is 6.92. The molecule has 3 aromatic heterocycles. The minimum Gasteiger partial charge on any atom is -0.469 e. The molecule has 3 heterocycles. The molecular formula is C21H15ClFN3O3S2. The number of hydrogen-bond acceptors (Lipinski definition) is 6. The van der Waals surface area contributed by atoms with Crippen LogP contribution >= 0.6 is 34.3 Å². The topological polar surface area (TPSA) is 84.2 Å². The van der Waals surface area contributed by atoms with E-state index in [1.54, 1.807) is 19.9 Å². The molecule has 0 spiro atoms. The van der Waals surface area contributed by atoms with Gasteiger partial charge in [0.1, 0.15) is 21.5 Å². The summed E-state index contributed by atoms with van der Waals surface area (Å²) < 4.78 is 20.0. The summed E-state index contributed by atoms with van der Waals surface area (Å²) in [6, 6.07) is 9.07. The second-order valence-corrected chi connectivity index (χ2v) is 9.24. The zero-order valence-electron chi connectivity index (χ0n) is 16.3. The Labute approximate surface area is 189 Å². The Balaban J connectivity index is 1.53. The van der Waals surface area contributed by atoms with E-state index in [0.29, 0.717) is 36.9 Å². The summed E-state index contributed by atoms with van der Waals surface area (Å²) >= 11 is 8.61. The quantitative estimate of drug-likeness (QED) is 0.351. The van der Waals surface area contributed by atoms with Gasteiger partial charge in [0.2, 0.25) is 0 Å². The molecule has 4 aromatic rings. The van der Waals surface area contributed by atoms with Crippen molar-refractivity contribution in [2.24, 2.45) is 0 Å². The van der Waals surface area contributed by atoms with Gasteiger partial charge in [0.15, 0.2) is 0 Å². The van der Waals surface area contributed by atoms with Crippen LogP contribution in [0.2, 0.25) is 4.34 Å². The maximum Gasteiger partial charge on any atom is 0.267 e. The van der Waals surface area contributed by atoms with Crippen molar-refractivity contribution in [1.29, 1.82) is 0 Å². The molecule has 0 fully saturated rings. The van der Waals surface area contributed by atoms with E-state index in [1.165, 1.54) is 53.2 Å². The summed E-state index contributed by atoms with van der Waals surface area (Å²) in [5.41, 5.74) is 1.15. The van der Waals surface area contributed by atoms with E-state index in [1.807, 2.05) is 6.07 Å². The van der Waals surface area contributed by atoms with Crippen LogP contribution in [0.15, 0.2) is 47.1 Å². The Bertz CT molecular complexity index is 1290. The second-order valence-electron chi connectivity index (χ2n) is 6.53. The van der Waals surface area contributed by atoms with Gasteiger partial charge in [-0.2, -0.15) is 0 Å². The van der Waals surface area contributed by atoms with Gasteiger partial charge in [-0.15, -0.1) is 22.7 Å². The Morgan fingerprint density at radius 1 is 1.06 bits per heavy atom. The highest BCUT2D eigenvalue weighted by atomic mass is 35.5. The zero-order chi connectivity index (χ0) is 22.1. The van der Waals surface area contributed by atoms with Gasteiger partial charge in [-0.1, -0.05) is 11.6 Å². The molecule has 158 valence electrons. The number of aromatic nitrogens is 1. The largest absolute Gasteiger partial charge is 0.469 e. The Kier molecular flexibility index (Phi) is 5.90. The molecule has 0 saturated heterocycles. The van der Waals surface area contributed by atoms with Crippen molar-refractivity contribution >= 4 is 57.5 Å². The lowest BCUT2D eigenvalue weighted by atomic mass is 10.2. The van der Waals surface area contributed by atoms with Crippen LogP contribution in [-0.4, -0.2) is 16.8 Å². The number of carbonyl (C=O) groups excluding carboxylic acids is 2. The lowest BCUT2D eigenvalue weighted by molar-refractivity contribution is 0.101. The lowest BCUT2D eigenvalue weighted by Crippen LogP contribution is -2.15. The molecule has 4 rings (SSSR count). The van der Waals surface area contributed by atoms with Crippen molar-refractivity contribution in [1.82, 2.24) is 4.98 Å². The van der Waals surface area contributed by atoms with E-state index in [0.717, 1.165) is 4.88 Å². The first-order chi connectivity index (χ1) is 14.8. The molecule has 0 aliphatic rings. The second kappa shape index (κ2) is 8.62. The van der Waals surface area contributed by atoms with Gasteiger partial charge in [0.05, 0.1) is 32.4 Å². The number of rotatable bonds is 5. The number of hydrogen-bond donors (Lipinski definition) is 2. The Morgan fingerprint density at radius 2 is 1.87 bits per heavy atom. The van der Waals surface area contributed by atoms with Crippen molar-refractivity contribution in [3.8, 4) is 9.88 Å². The van der Waals surface area contributed by atoms with E-state index in [4.69, 9.17) is 16.0 Å². The molecule has 0 aliphatic carbocycles. The summed E-state index contributed by atoms with van der Waals surface area (Å²) in [6.07, 6.45) is 1.38. The van der Waals surface area contributed by atoms with Gasteiger partial charge in [0, 0.05) is 5.69 Å². The van der Waals surface area contributed by atoms with Crippen molar-refractivity contribution in [3.05, 3.63) is 74.7 Å². The monoisotopic (exact) mass is 475 g/mol. The van der Waals surface area contributed by atoms with Crippen LogP contribution in [0.5, 0.6) is 0 Å².